The first-order valence-electron chi connectivity index (χ1n) is 6.40. The first-order chi connectivity index (χ1) is 8.13. The van der Waals surface area contributed by atoms with E-state index in [-0.39, 0.29) is 36.2 Å². The van der Waals surface area contributed by atoms with Crippen molar-refractivity contribution in [1.82, 2.24) is 10.6 Å². The lowest BCUT2D eigenvalue weighted by molar-refractivity contribution is -0.126. The first-order valence-corrected chi connectivity index (χ1v) is 6.40. The number of hydrogen-bond donors (Lipinski definition) is 3. The predicted molar refractivity (Wildman–Crippen MR) is 73.5 cm³/mol. The average molecular weight is 278 g/mol. The fourth-order valence-corrected chi connectivity index (χ4v) is 2.16. The molecule has 0 spiro atoms. The quantitative estimate of drug-likeness (QED) is 0.664. The zero-order chi connectivity index (χ0) is 12.7. The molecule has 2 amide bonds. The highest BCUT2D eigenvalue weighted by Crippen LogP contribution is 2.24. The van der Waals surface area contributed by atoms with Gasteiger partial charge in [-0.2, -0.15) is 0 Å². The van der Waals surface area contributed by atoms with Crippen molar-refractivity contribution in [3.63, 3.8) is 0 Å². The highest BCUT2D eigenvalue weighted by molar-refractivity contribution is 5.85. The molecule has 0 saturated heterocycles. The van der Waals surface area contributed by atoms with E-state index >= 15 is 0 Å². The number of amides is 2. The van der Waals surface area contributed by atoms with Crippen LogP contribution in [0.3, 0.4) is 0 Å². The summed E-state index contributed by atoms with van der Waals surface area (Å²) in [6.45, 7) is 2.78. The maximum Gasteiger partial charge on any atom is 0.223 e. The van der Waals surface area contributed by atoms with Crippen LogP contribution in [-0.2, 0) is 9.59 Å². The summed E-state index contributed by atoms with van der Waals surface area (Å²) in [6.07, 6.45) is 4.57. The molecule has 106 valence electrons. The zero-order valence-corrected chi connectivity index (χ0v) is 11.7. The molecule has 4 N–H and O–H groups in total. The topological polar surface area (TPSA) is 84.2 Å². The van der Waals surface area contributed by atoms with Crippen LogP contribution in [-0.4, -0.2) is 30.9 Å². The lowest BCUT2D eigenvalue weighted by atomic mass is 10.1. The Balaban J connectivity index is 0.00000289. The summed E-state index contributed by atoms with van der Waals surface area (Å²) in [5.74, 6) is 0.195. The van der Waals surface area contributed by atoms with Crippen molar-refractivity contribution in [3.05, 3.63) is 0 Å². The smallest absolute Gasteiger partial charge is 0.223 e. The van der Waals surface area contributed by atoms with E-state index in [1.54, 1.807) is 0 Å². The fourth-order valence-electron chi connectivity index (χ4n) is 2.16. The van der Waals surface area contributed by atoms with Gasteiger partial charge in [-0.25, -0.2) is 0 Å². The van der Waals surface area contributed by atoms with E-state index in [9.17, 15) is 9.59 Å². The summed E-state index contributed by atoms with van der Waals surface area (Å²) in [7, 11) is 0. The molecule has 1 fully saturated rings. The van der Waals surface area contributed by atoms with Crippen LogP contribution in [0.5, 0.6) is 0 Å². The molecular formula is C12H24ClN3O2. The number of rotatable bonds is 6. The van der Waals surface area contributed by atoms with Crippen LogP contribution in [0.15, 0.2) is 0 Å². The molecule has 0 bridgehead atoms. The Hall–Kier alpha value is -0.810. The van der Waals surface area contributed by atoms with Crippen LogP contribution < -0.4 is 16.4 Å². The third-order valence-electron chi connectivity index (χ3n) is 3.07. The maximum atomic E-state index is 11.8. The molecule has 1 aliphatic rings. The van der Waals surface area contributed by atoms with Crippen LogP contribution >= 0.6 is 12.4 Å². The number of carbonyl (C=O) groups is 2. The summed E-state index contributed by atoms with van der Waals surface area (Å²) in [4.78, 5) is 23.2. The SMILES string of the molecule is CC(CC(=O)NCCN)NC(=O)C1CCCC1.Cl. The van der Waals surface area contributed by atoms with Gasteiger partial charge in [-0.15, -0.1) is 12.4 Å². The van der Waals surface area contributed by atoms with Gasteiger partial charge in [-0.3, -0.25) is 9.59 Å². The summed E-state index contributed by atoms with van der Waals surface area (Å²) < 4.78 is 0. The van der Waals surface area contributed by atoms with Crippen LogP contribution in [0.1, 0.15) is 39.0 Å². The number of halogens is 1. The molecule has 0 aliphatic heterocycles. The molecule has 0 aromatic heterocycles. The Bertz CT molecular complexity index is 268. The van der Waals surface area contributed by atoms with Gasteiger partial charge in [0.15, 0.2) is 0 Å². The molecule has 0 radical (unpaired) electrons. The molecular weight excluding hydrogens is 254 g/mol. The van der Waals surface area contributed by atoms with E-state index in [4.69, 9.17) is 5.73 Å². The van der Waals surface area contributed by atoms with Gasteiger partial charge in [0.05, 0.1) is 0 Å². The number of nitrogens with one attached hydrogen (secondary N) is 2. The van der Waals surface area contributed by atoms with Crippen molar-refractivity contribution in [2.75, 3.05) is 13.1 Å². The molecule has 18 heavy (non-hydrogen) atoms. The van der Waals surface area contributed by atoms with Crippen molar-refractivity contribution in [2.24, 2.45) is 11.7 Å². The Morgan fingerprint density at radius 1 is 1.33 bits per heavy atom. The molecule has 1 unspecified atom stereocenters. The highest BCUT2D eigenvalue weighted by atomic mass is 35.5. The van der Waals surface area contributed by atoms with Crippen molar-refractivity contribution in [2.45, 2.75) is 45.1 Å². The van der Waals surface area contributed by atoms with Gasteiger partial charge in [0.2, 0.25) is 11.8 Å². The Labute approximate surface area is 115 Å². The minimum absolute atomic E-state index is 0. The highest BCUT2D eigenvalue weighted by Gasteiger charge is 2.23. The summed E-state index contributed by atoms with van der Waals surface area (Å²) in [5.41, 5.74) is 5.29. The van der Waals surface area contributed by atoms with Crippen molar-refractivity contribution in [3.8, 4) is 0 Å². The summed E-state index contributed by atoms with van der Waals surface area (Å²) in [5, 5.41) is 5.59. The van der Waals surface area contributed by atoms with E-state index in [2.05, 4.69) is 10.6 Å². The van der Waals surface area contributed by atoms with Crippen LogP contribution in [0, 0.1) is 5.92 Å². The van der Waals surface area contributed by atoms with Gasteiger partial charge in [-0.05, 0) is 19.8 Å². The van der Waals surface area contributed by atoms with Gasteiger partial charge in [0.1, 0.15) is 0 Å². The third-order valence-corrected chi connectivity index (χ3v) is 3.07. The van der Waals surface area contributed by atoms with Gasteiger partial charge in [0.25, 0.3) is 0 Å². The molecule has 1 saturated carbocycles. The van der Waals surface area contributed by atoms with E-state index in [1.165, 1.54) is 0 Å². The predicted octanol–water partition coefficient (Wildman–Crippen LogP) is 0.568. The van der Waals surface area contributed by atoms with Crippen molar-refractivity contribution < 1.29 is 9.59 Å². The van der Waals surface area contributed by atoms with E-state index in [0.717, 1.165) is 25.7 Å². The zero-order valence-electron chi connectivity index (χ0n) is 10.9. The largest absolute Gasteiger partial charge is 0.355 e. The number of hydrogen-bond acceptors (Lipinski definition) is 3. The van der Waals surface area contributed by atoms with Crippen LogP contribution in [0.4, 0.5) is 0 Å². The standard InChI is InChI=1S/C12H23N3O2.ClH/c1-9(8-11(16)14-7-6-13)15-12(17)10-4-2-3-5-10;/h9-10H,2-8,13H2,1H3,(H,14,16)(H,15,17);1H. The second-order valence-electron chi connectivity index (χ2n) is 4.73. The third kappa shape index (κ3) is 6.21. The van der Waals surface area contributed by atoms with Gasteiger partial charge >= 0.3 is 0 Å². The summed E-state index contributed by atoms with van der Waals surface area (Å²) >= 11 is 0. The summed E-state index contributed by atoms with van der Waals surface area (Å²) in [6, 6.07) is -0.110. The van der Waals surface area contributed by atoms with Crippen molar-refractivity contribution in [1.29, 1.82) is 0 Å². The number of nitrogens with two attached hydrogens (primary N) is 1. The van der Waals surface area contributed by atoms with Gasteiger partial charge in [-0.1, -0.05) is 12.8 Å². The molecule has 1 rings (SSSR count). The van der Waals surface area contributed by atoms with Gasteiger partial charge in [0, 0.05) is 31.5 Å². The Kier molecular flexibility index (Phi) is 8.75. The van der Waals surface area contributed by atoms with E-state index < -0.39 is 0 Å². The molecule has 0 aromatic rings. The van der Waals surface area contributed by atoms with Gasteiger partial charge < -0.3 is 16.4 Å². The fraction of sp³-hybridized carbons (Fsp3) is 0.833. The average Bonchev–Trinajstić information content (AvgIpc) is 2.79. The molecule has 0 heterocycles. The Morgan fingerprint density at radius 3 is 2.50 bits per heavy atom. The minimum atomic E-state index is -0.110. The minimum Gasteiger partial charge on any atom is -0.355 e. The molecule has 1 aliphatic carbocycles. The molecule has 6 heteroatoms. The van der Waals surface area contributed by atoms with Crippen molar-refractivity contribution >= 4 is 24.2 Å². The normalized spacial score (nSPS) is 16.8. The Morgan fingerprint density at radius 2 is 1.94 bits per heavy atom. The van der Waals surface area contributed by atoms with E-state index in [1.807, 2.05) is 6.92 Å². The van der Waals surface area contributed by atoms with Crippen LogP contribution in [0.25, 0.3) is 0 Å². The molecule has 5 nitrogen and oxygen atoms in total. The lowest BCUT2D eigenvalue weighted by Gasteiger charge is -2.16. The second kappa shape index (κ2) is 9.16. The number of carbonyl (C=O) groups excluding carboxylic acids is 2. The molecule has 0 aromatic carbocycles. The second-order valence-corrected chi connectivity index (χ2v) is 4.73. The van der Waals surface area contributed by atoms with Crippen LogP contribution in [0.2, 0.25) is 0 Å². The molecule has 1 atom stereocenters. The first kappa shape index (κ1) is 17.2. The lowest BCUT2D eigenvalue weighted by Crippen LogP contribution is -2.40. The monoisotopic (exact) mass is 277 g/mol. The maximum absolute atomic E-state index is 11.8. The van der Waals surface area contributed by atoms with E-state index in [0.29, 0.717) is 19.5 Å².